The van der Waals surface area contributed by atoms with Crippen LogP contribution in [0.4, 0.5) is 11.5 Å². The van der Waals surface area contributed by atoms with E-state index in [1.54, 1.807) is 0 Å². The number of carbonyl (C=O) groups is 2. The third-order valence-electron chi connectivity index (χ3n) is 7.84. The monoisotopic (exact) mass is 481 g/mol. The van der Waals surface area contributed by atoms with Crippen LogP contribution in [-0.2, 0) is 9.59 Å². The van der Waals surface area contributed by atoms with E-state index in [-0.39, 0.29) is 17.9 Å². The second kappa shape index (κ2) is 9.09. The smallest absolute Gasteiger partial charge is 0.247 e. The maximum absolute atomic E-state index is 12.9. The summed E-state index contributed by atoms with van der Waals surface area (Å²) in [6, 6.07) is 12.3. The zero-order valence-electron chi connectivity index (χ0n) is 20.4. The Labute approximate surface area is 211 Å². The van der Waals surface area contributed by atoms with Crippen molar-refractivity contribution >= 4 is 23.3 Å². The van der Waals surface area contributed by atoms with Crippen LogP contribution in [0.2, 0.25) is 0 Å². The van der Waals surface area contributed by atoms with Gasteiger partial charge >= 0.3 is 0 Å². The minimum Gasteiger partial charge on any atom is -0.352 e. The van der Waals surface area contributed by atoms with E-state index in [0.717, 1.165) is 54.9 Å². The van der Waals surface area contributed by atoms with E-state index in [9.17, 15) is 14.9 Å². The van der Waals surface area contributed by atoms with Gasteiger partial charge in [0.15, 0.2) is 0 Å². The van der Waals surface area contributed by atoms with Crippen LogP contribution >= 0.6 is 0 Å². The van der Waals surface area contributed by atoms with Gasteiger partial charge in [-0.3, -0.25) is 9.59 Å². The maximum atomic E-state index is 12.9. The fourth-order valence-corrected chi connectivity index (χ4v) is 5.42. The first kappa shape index (κ1) is 22.8. The van der Waals surface area contributed by atoms with Crippen LogP contribution in [0.5, 0.6) is 0 Å². The van der Waals surface area contributed by atoms with Crippen LogP contribution in [0, 0.1) is 23.2 Å². The fraction of sp³-hybridized carbons (Fsp3) is 0.448. The van der Waals surface area contributed by atoms with Gasteiger partial charge in [-0.2, -0.15) is 5.26 Å². The summed E-state index contributed by atoms with van der Waals surface area (Å²) in [5.41, 5.74) is 4.16. The average Bonchev–Trinajstić information content (AvgIpc) is 3.75. The molecule has 1 atom stereocenters. The molecule has 1 N–H and O–H groups in total. The number of benzene rings is 1. The predicted octanol–water partition coefficient (Wildman–Crippen LogP) is 4.46. The molecule has 1 unspecified atom stereocenters. The molecular formula is C29H31N5O2. The number of amides is 2. The zero-order chi connectivity index (χ0) is 24.8. The SMILES string of the molecule is C=CC(=O)Nc1cccc(-c2cc(C#N)c(N3CCN(C(=O)C4CC4)C(C4CC4)C3)nc2C2CC2)c1. The number of hydrogen-bond donors (Lipinski definition) is 1. The molecule has 3 saturated carbocycles. The van der Waals surface area contributed by atoms with Gasteiger partial charge < -0.3 is 15.1 Å². The minimum atomic E-state index is -0.259. The Hall–Kier alpha value is -3.66. The second-order valence-electron chi connectivity index (χ2n) is 10.6. The predicted molar refractivity (Wildman–Crippen MR) is 138 cm³/mol. The van der Waals surface area contributed by atoms with Crippen molar-refractivity contribution in [1.82, 2.24) is 9.88 Å². The zero-order valence-corrected chi connectivity index (χ0v) is 20.4. The molecule has 184 valence electrons. The lowest BCUT2D eigenvalue weighted by Crippen LogP contribution is -2.57. The van der Waals surface area contributed by atoms with Gasteiger partial charge in [0, 0.05) is 42.7 Å². The largest absolute Gasteiger partial charge is 0.352 e. The van der Waals surface area contributed by atoms with Gasteiger partial charge in [-0.1, -0.05) is 18.7 Å². The molecule has 7 heteroatoms. The Kier molecular flexibility index (Phi) is 5.75. The number of nitrogens with one attached hydrogen (secondary N) is 1. The maximum Gasteiger partial charge on any atom is 0.247 e. The van der Waals surface area contributed by atoms with Crippen LogP contribution < -0.4 is 10.2 Å². The molecule has 0 bridgehead atoms. The van der Waals surface area contributed by atoms with E-state index in [2.05, 4.69) is 27.8 Å². The molecule has 2 heterocycles. The lowest BCUT2D eigenvalue weighted by Gasteiger charge is -2.43. The van der Waals surface area contributed by atoms with Crippen molar-refractivity contribution in [2.24, 2.45) is 11.8 Å². The Morgan fingerprint density at radius 1 is 1.11 bits per heavy atom. The second-order valence-corrected chi connectivity index (χ2v) is 10.6. The van der Waals surface area contributed by atoms with Crippen molar-refractivity contribution in [3.8, 4) is 17.2 Å². The lowest BCUT2D eigenvalue weighted by molar-refractivity contribution is -0.135. The number of anilines is 2. The first-order chi connectivity index (χ1) is 17.6. The number of pyridine rings is 1. The van der Waals surface area contributed by atoms with Crippen LogP contribution in [0.3, 0.4) is 0 Å². The van der Waals surface area contributed by atoms with Crippen molar-refractivity contribution in [3.05, 3.63) is 54.2 Å². The van der Waals surface area contributed by atoms with Gasteiger partial charge in [0.05, 0.1) is 17.3 Å². The molecule has 6 rings (SSSR count). The quantitative estimate of drug-likeness (QED) is 0.590. The number of piperazine rings is 1. The van der Waals surface area contributed by atoms with Gasteiger partial charge in [0.25, 0.3) is 0 Å². The van der Waals surface area contributed by atoms with Gasteiger partial charge in [-0.15, -0.1) is 0 Å². The van der Waals surface area contributed by atoms with Crippen LogP contribution in [0.1, 0.15) is 55.7 Å². The Bertz CT molecular complexity index is 1270. The number of nitriles is 1. The van der Waals surface area contributed by atoms with E-state index < -0.39 is 0 Å². The number of rotatable bonds is 7. The topological polar surface area (TPSA) is 89.3 Å². The van der Waals surface area contributed by atoms with Crippen molar-refractivity contribution < 1.29 is 9.59 Å². The summed E-state index contributed by atoms with van der Waals surface area (Å²) >= 11 is 0. The summed E-state index contributed by atoms with van der Waals surface area (Å²) in [5.74, 6) is 2.01. The van der Waals surface area contributed by atoms with Gasteiger partial charge in [0.2, 0.25) is 11.8 Å². The molecule has 0 spiro atoms. The molecule has 4 fully saturated rings. The highest BCUT2D eigenvalue weighted by Gasteiger charge is 2.45. The first-order valence-corrected chi connectivity index (χ1v) is 13.1. The third kappa shape index (κ3) is 4.48. The molecule has 2 aromatic rings. The van der Waals surface area contributed by atoms with Crippen LogP contribution in [0.15, 0.2) is 43.0 Å². The van der Waals surface area contributed by atoms with Crippen LogP contribution in [0.25, 0.3) is 11.1 Å². The molecule has 3 aliphatic carbocycles. The van der Waals surface area contributed by atoms with E-state index in [0.29, 0.717) is 42.1 Å². The van der Waals surface area contributed by atoms with Crippen molar-refractivity contribution in [1.29, 1.82) is 5.26 Å². The Morgan fingerprint density at radius 2 is 1.92 bits per heavy atom. The molecule has 1 saturated heterocycles. The number of hydrogen-bond acceptors (Lipinski definition) is 5. The molecular weight excluding hydrogens is 450 g/mol. The van der Waals surface area contributed by atoms with Gasteiger partial charge in [-0.05, 0) is 74.3 Å². The third-order valence-corrected chi connectivity index (χ3v) is 7.84. The van der Waals surface area contributed by atoms with Crippen molar-refractivity contribution in [2.75, 3.05) is 29.9 Å². The highest BCUT2D eigenvalue weighted by Crippen LogP contribution is 2.46. The summed E-state index contributed by atoms with van der Waals surface area (Å²) in [6.07, 6.45) is 7.84. The van der Waals surface area contributed by atoms with Crippen molar-refractivity contribution in [3.63, 3.8) is 0 Å². The number of aromatic nitrogens is 1. The van der Waals surface area contributed by atoms with E-state index in [1.165, 1.54) is 18.9 Å². The summed E-state index contributed by atoms with van der Waals surface area (Å²) in [5, 5.41) is 13.0. The Balaban J connectivity index is 1.33. The lowest BCUT2D eigenvalue weighted by atomic mass is 9.98. The standard InChI is InChI=1S/C29H31N5O2/c1-2-26(35)31-23-5-3-4-21(14-23)24-15-22(16-30)28(32-27(24)19-8-9-19)33-12-13-34(29(36)20-10-11-20)25(17-33)18-6-7-18/h2-5,14-15,18-20,25H,1,6-13,17H2,(H,31,35). The van der Waals surface area contributed by atoms with E-state index >= 15 is 0 Å². The van der Waals surface area contributed by atoms with Crippen molar-refractivity contribution in [2.45, 2.75) is 50.5 Å². The number of nitrogens with zero attached hydrogens (tertiary/aromatic N) is 4. The minimum absolute atomic E-state index is 0.217. The Morgan fingerprint density at radius 3 is 2.58 bits per heavy atom. The normalized spacial score (nSPS) is 21.6. The highest BCUT2D eigenvalue weighted by molar-refractivity contribution is 5.99. The summed E-state index contributed by atoms with van der Waals surface area (Å²) in [4.78, 5) is 34.3. The molecule has 1 aromatic carbocycles. The van der Waals surface area contributed by atoms with E-state index in [4.69, 9.17) is 4.98 Å². The van der Waals surface area contributed by atoms with Gasteiger partial charge in [-0.25, -0.2) is 4.98 Å². The highest BCUT2D eigenvalue weighted by atomic mass is 16.2. The molecule has 1 aliphatic heterocycles. The summed E-state index contributed by atoms with van der Waals surface area (Å²) in [7, 11) is 0. The molecule has 2 amide bonds. The number of carbonyl (C=O) groups excluding carboxylic acids is 2. The van der Waals surface area contributed by atoms with Gasteiger partial charge in [0.1, 0.15) is 11.9 Å². The molecule has 36 heavy (non-hydrogen) atoms. The molecule has 7 nitrogen and oxygen atoms in total. The first-order valence-electron chi connectivity index (χ1n) is 13.1. The fourth-order valence-electron chi connectivity index (χ4n) is 5.42. The molecule has 1 aromatic heterocycles. The summed E-state index contributed by atoms with van der Waals surface area (Å²) in [6.45, 7) is 5.68. The summed E-state index contributed by atoms with van der Waals surface area (Å²) < 4.78 is 0. The average molecular weight is 482 g/mol. The van der Waals surface area contributed by atoms with Crippen LogP contribution in [-0.4, -0.2) is 47.4 Å². The van der Waals surface area contributed by atoms with E-state index in [1.807, 2.05) is 30.3 Å². The molecule has 0 radical (unpaired) electrons. The molecule has 4 aliphatic rings.